The largest absolute Gasteiger partial charge is 0.491 e. The van der Waals surface area contributed by atoms with Crippen LogP contribution in [0.2, 0.25) is 0 Å². The molecule has 0 atom stereocenters. The van der Waals surface area contributed by atoms with Crippen LogP contribution < -0.4 is 15.4 Å². The first-order valence-corrected chi connectivity index (χ1v) is 8.35. The average Bonchev–Trinajstić information content (AvgIpc) is 2.99. The Morgan fingerprint density at radius 1 is 1.26 bits per heavy atom. The van der Waals surface area contributed by atoms with Crippen LogP contribution in [0.15, 0.2) is 29.5 Å². The fraction of sp³-hybridized carbons (Fsp3) is 0.471. The summed E-state index contributed by atoms with van der Waals surface area (Å²) < 4.78 is 47.2. The van der Waals surface area contributed by atoms with Crippen molar-refractivity contribution in [3.05, 3.63) is 41.5 Å². The maximum atomic E-state index is 13.4. The number of aromatic nitrogens is 3. The molecule has 1 heterocycles. The van der Waals surface area contributed by atoms with Crippen molar-refractivity contribution in [2.75, 3.05) is 7.05 Å². The zero-order chi connectivity index (χ0) is 20.0. The fourth-order valence-electron chi connectivity index (χ4n) is 2.36. The fourth-order valence-corrected chi connectivity index (χ4v) is 2.36. The zero-order valence-corrected chi connectivity index (χ0v) is 15.6. The van der Waals surface area contributed by atoms with Crippen molar-refractivity contribution in [3.8, 4) is 5.75 Å². The van der Waals surface area contributed by atoms with Crippen LogP contribution in [0.5, 0.6) is 5.75 Å². The van der Waals surface area contributed by atoms with Crippen LogP contribution in [-0.2, 0) is 26.3 Å². The number of aliphatic imine (C=N–C) groups is 1. The first-order chi connectivity index (χ1) is 12.7. The van der Waals surface area contributed by atoms with E-state index in [-0.39, 0.29) is 24.0 Å². The molecule has 0 aliphatic heterocycles. The second-order valence-corrected chi connectivity index (χ2v) is 6.06. The van der Waals surface area contributed by atoms with Crippen molar-refractivity contribution in [1.29, 1.82) is 0 Å². The SMILES string of the molecule is CN=C(NCc1ccc(OC(C)C)cc1C(F)(F)F)NCc1ncnn1C. The highest BCUT2D eigenvalue weighted by Crippen LogP contribution is 2.34. The van der Waals surface area contributed by atoms with Gasteiger partial charge in [0.15, 0.2) is 5.96 Å². The molecule has 0 saturated carbocycles. The summed E-state index contributed by atoms with van der Waals surface area (Å²) >= 11 is 0. The summed E-state index contributed by atoms with van der Waals surface area (Å²) in [5.41, 5.74) is -0.642. The number of hydrogen-bond acceptors (Lipinski definition) is 4. The Hall–Kier alpha value is -2.78. The van der Waals surface area contributed by atoms with Crippen LogP contribution in [0.1, 0.15) is 30.8 Å². The van der Waals surface area contributed by atoms with Gasteiger partial charge in [-0.3, -0.25) is 9.67 Å². The first-order valence-electron chi connectivity index (χ1n) is 8.35. The van der Waals surface area contributed by atoms with Gasteiger partial charge in [-0.2, -0.15) is 18.3 Å². The molecule has 7 nitrogen and oxygen atoms in total. The third-order valence-corrected chi connectivity index (χ3v) is 3.65. The minimum atomic E-state index is -4.48. The minimum absolute atomic E-state index is 0.0463. The molecule has 2 aromatic rings. The van der Waals surface area contributed by atoms with Gasteiger partial charge >= 0.3 is 6.18 Å². The second-order valence-electron chi connectivity index (χ2n) is 6.06. The van der Waals surface area contributed by atoms with E-state index in [1.54, 1.807) is 25.6 Å². The van der Waals surface area contributed by atoms with Crippen molar-refractivity contribution in [3.63, 3.8) is 0 Å². The van der Waals surface area contributed by atoms with Gasteiger partial charge < -0.3 is 15.4 Å². The highest BCUT2D eigenvalue weighted by atomic mass is 19.4. The lowest BCUT2D eigenvalue weighted by atomic mass is 10.1. The number of guanidine groups is 1. The van der Waals surface area contributed by atoms with E-state index < -0.39 is 11.7 Å². The van der Waals surface area contributed by atoms with Crippen LogP contribution >= 0.6 is 0 Å². The number of aryl methyl sites for hydroxylation is 1. The molecule has 0 aliphatic carbocycles. The van der Waals surface area contributed by atoms with Gasteiger partial charge in [-0.1, -0.05) is 6.07 Å². The molecule has 148 valence electrons. The third-order valence-electron chi connectivity index (χ3n) is 3.65. The Bertz CT molecular complexity index is 785. The normalized spacial score (nSPS) is 12.4. The number of nitrogens with one attached hydrogen (secondary N) is 2. The van der Waals surface area contributed by atoms with Gasteiger partial charge in [0, 0.05) is 20.6 Å². The minimum Gasteiger partial charge on any atom is -0.491 e. The van der Waals surface area contributed by atoms with Gasteiger partial charge in [-0.15, -0.1) is 0 Å². The van der Waals surface area contributed by atoms with Gasteiger partial charge in [0.25, 0.3) is 0 Å². The number of halogens is 3. The molecular formula is C17H23F3N6O. The monoisotopic (exact) mass is 384 g/mol. The molecule has 1 aromatic carbocycles. The zero-order valence-electron chi connectivity index (χ0n) is 15.6. The van der Waals surface area contributed by atoms with Gasteiger partial charge in [0.1, 0.15) is 17.9 Å². The molecular weight excluding hydrogens is 361 g/mol. The molecule has 2 N–H and O–H groups in total. The van der Waals surface area contributed by atoms with E-state index >= 15 is 0 Å². The standard InChI is InChI=1S/C17H23F3N6O/c1-11(2)27-13-6-5-12(14(7-13)17(18,19)20)8-22-16(21-3)23-9-15-24-10-25-26(15)4/h5-7,10-11H,8-9H2,1-4H3,(H2,21,22,23). The van der Waals surface area contributed by atoms with E-state index in [1.165, 1.54) is 25.5 Å². The highest BCUT2D eigenvalue weighted by molar-refractivity contribution is 5.79. The average molecular weight is 384 g/mol. The van der Waals surface area contributed by atoms with E-state index in [0.717, 1.165) is 6.07 Å². The Morgan fingerprint density at radius 3 is 2.52 bits per heavy atom. The maximum absolute atomic E-state index is 13.4. The van der Waals surface area contributed by atoms with Gasteiger partial charge in [0.05, 0.1) is 18.2 Å². The van der Waals surface area contributed by atoms with Crippen LogP contribution in [-0.4, -0.2) is 33.9 Å². The number of alkyl halides is 3. The number of benzene rings is 1. The molecule has 0 spiro atoms. The summed E-state index contributed by atoms with van der Waals surface area (Å²) in [5, 5.41) is 9.82. The quantitative estimate of drug-likeness (QED) is 0.591. The summed E-state index contributed by atoms with van der Waals surface area (Å²) in [5.74, 6) is 1.21. The summed E-state index contributed by atoms with van der Waals surface area (Å²) in [6, 6.07) is 3.96. The molecule has 0 amide bonds. The summed E-state index contributed by atoms with van der Waals surface area (Å²) in [6.45, 7) is 3.81. The van der Waals surface area contributed by atoms with E-state index in [4.69, 9.17) is 4.74 Å². The third kappa shape index (κ3) is 5.87. The Kier molecular flexibility index (Phi) is 6.65. The molecule has 2 rings (SSSR count). The smallest absolute Gasteiger partial charge is 0.416 e. The Morgan fingerprint density at radius 2 is 1.96 bits per heavy atom. The molecule has 0 saturated heterocycles. The van der Waals surface area contributed by atoms with E-state index in [2.05, 4.69) is 25.7 Å². The number of nitrogens with zero attached hydrogens (tertiary/aromatic N) is 4. The predicted octanol–water partition coefficient (Wildman–Crippen LogP) is 2.49. The molecule has 0 unspecified atom stereocenters. The summed E-state index contributed by atoms with van der Waals surface area (Å²) in [4.78, 5) is 8.08. The van der Waals surface area contributed by atoms with Crippen molar-refractivity contribution >= 4 is 5.96 Å². The van der Waals surface area contributed by atoms with Gasteiger partial charge in [0.2, 0.25) is 0 Å². The number of rotatable bonds is 6. The Balaban J connectivity index is 2.07. The second kappa shape index (κ2) is 8.74. The lowest BCUT2D eigenvalue weighted by Gasteiger charge is -2.18. The highest BCUT2D eigenvalue weighted by Gasteiger charge is 2.33. The predicted molar refractivity (Wildman–Crippen MR) is 95.2 cm³/mol. The number of hydrogen-bond donors (Lipinski definition) is 2. The van der Waals surface area contributed by atoms with Crippen molar-refractivity contribution in [2.45, 2.75) is 39.2 Å². The van der Waals surface area contributed by atoms with Crippen LogP contribution in [0.3, 0.4) is 0 Å². The van der Waals surface area contributed by atoms with Crippen molar-refractivity contribution < 1.29 is 17.9 Å². The lowest BCUT2D eigenvalue weighted by Crippen LogP contribution is -2.37. The van der Waals surface area contributed by atoms with Gasteiger partial charge in [-0.05, 0) is 31.5 Å². The molecule has 1 aromatic heterocycles. The van der Waals surface area contributed by atoms with Crippen molar-refractivity contribution in [1.82, 2.24) is 25.4 Å². The molecule has 0 aliphatic rings. The van der Waals surface area contributed by atoms with Crippen LogP contribution in [0.25, 0.3) is 0 Å². The first kappa shape index (κ1) is 20.5. The van der Waals surface area contributed by atoms with Gasteiger partial charge in [-0.25, -0.2) is 4.98 Å². The molecule has 10 heteroatoms. The lowest BCUT2D eigenvalue weighted by molar-refractivity contribution is -0.138. The van der Waals surface area contributed by atoms with E-state index in [1.807, 2.05) is 0 Å². The molecule has 0 fully saturated rings. The van der Waals surface area contributed by atoms with E-state index in [0.29, 0.717) is 18.3 Å². The number of ether oxygens (including phenoxy) is 1. The topological polar surface area (TPSA) is 76.4 Å². The van der Waals surface area contributed by atoms with Crippen LogP contribution in [0.4, 0.5) is 13.2 Å². The molecule has 0 radical (unpaired) electrons. The maximum Gasteiger partial charge on any atom is 0.416 e. The van der Waals surface area contributed by atoms with E-state index in [9.17, 15) is 13.2 Å². The molecule has 27 heavy (non-hydrogen) atoms. The van der Waals surface area contributed by atoms with Crippen LogP contribution in [0, 0.1) is 0 Å². The van der Waals surface area contributed by atoms with Crippen molar-refractivity contribution in [2.24, 2.45) is 12.0 Å². The molecule has 0 bridgehead atoms. The summed E-state index contributed by atoms with van der Waals surface area (Å²) in [7, 11) is 3.28. The summed E-state index contributed by atoms with van der Waals surface area (Å²) in [6.07, 6.45) is -3.27. The Labute approximate surface area is 155 Å².